The summed E-state index contributed by atoms with van der Waals surface area (Å²) in [7, 11) is -3.08. The molecule has 0 aliphatic heterocycles. The monoisotopic (exact) mass is 332 g/mol. The van der Waals surface area contributed by atoms with Gasteiger partial charge in [0.05, 0.1) is 11.8 Å². The van der Waals surface area contributed by atoms with Crippen LogP contribution in [0.15, 0.2) is 24.3 Å². The minimum Gasteiger partial charge on any atom is -0.337 e. The average Bonchev–Trinajstić information content (AvgIpc) is 2.35. The van der Waals surface area contributed by atoms with Gasteiger partial charge in [-0.2, -0.15) is 0 Å². The minimum absolute atomic E-state index is 0.0757. The van der Waals surface area contributed by atoms with Gasteiger partial charge in [-0.05, 0) is 23.6 Å². The van der Waals surface area contributed by atoms with Crippen molar-refractivity contribution in [1.82, 2.24) is 10.6 Å². The molecule has 118 valence electrons. The highest BCUT2D eigenvalue weighted by Gasteiger charge is 2.18. The summed E-state index contributed by atoms with van der Waals surface area (Å²) in [4.78, 5) is 11.8. The van der Waals surface area contributed by atoms with Crippen LogP contribution in [0, 0.1) is 5.92 Å². The van der Waals surface area contributed by atoms with E-state index in [-0.39, 0.29) is 30.3 Å². The molecule has 0 radical (unpaired) electrons. The molecular weight excluding hydrogens is 312 g/mol. The van der Waals surface area contributed by atoms with Crippen molar-refractivity contribution in [2.24, 2.45) is 5.92 Å². The highest BCUT2D eigenvalue weighted by atomic mass is 35.5. The first-order chi connectivity index (χ1) is 9.69. The van der Waals surface area contributed by atoms with E-state index in [0.717, 1.165) is 11.8 Å². The Bertz CT molecular complexity index is 570. The van der Waals surface area contributed by atoms with E-state index in [9.17, 15) is 13.2 Å². The number of benzene rings is 1. The van der Waals surface area contributed by atoms with Crippen molar-refractivity contribution < 1.29 is 13.2 Å². The molecule has 5 nitrogen and oxygen atoms in total. The Morgan fingerprint density at radius 1 is 1.24 bits per heavy atom. The molecule has 2 N–H and O–H groups in total. The number of halogens is 1. The van der Waals surface area contributed by atoms with Gasteiger partial charge in [-0.3, -0.25) is 0 Å². The van der Waals surface area contributed by atoms with Crippen LogP contribution in [0.2, 0.25) is 5.02 Å². The molecule has 2 amide bonds. The molecule has 0 spiro atoms. The van der Waals surface area contributed by atoms with Gasteiger partial charge in [-0.25, -0.2) is 13.2 Å². The molecule has 0 aliphatic rings. The lowest BCUT2D eigenvalue weighted by atomic mass is 9.96. The van der Waals surface area contributed by atoms with Crippen LogP contribution in [0.3, 0.4) is 0 Å². The fourth-order valence-electron chi connectivity index (χ4n) is 1.85. The van der Waals surface area contributed by atoms with Gasteiger partial charge in [-0.15, -0.1) is 0 Å². The first kappa shape index (κ1) is 17.8. The van der Waals surface area contributed by atoms with E-state index in [4.69, 9.17) is 11.6 Å². The van der Waals surface area contributed by atoms with Crippen LogP contribution in [0.25, 0.3) is 0 Å². The quantitative estimate of drug-likeness (QED) is 0.839. The standard InChI is InChI=1S/C14H21ClN2O3S/c1-10(2)13(11-4-6-12(15)7-5-11)17-14(18)16-8-9-21(3,19)20/h4-7,10,13H,8-9H2,1-3H3,(H2,16,17,18)/t13-/m1/s1. The molecule has 7 heteroatoms. The summed E-state index contributed by atoms with van der Waals surface area (Å²) in [6, 6.07) is 6.73. The summed E-state index contributed by atoms with van der Waals surface area (Å²) >= 11 is 5.86. The Kier molecular flexibility index (Phi) is 6.48. The third-order valence-corrected chi connectivity index (χ3v) is 4.14. The smallest absolute Gasteiger partial charge is 0.315 e. The van der Waals surface area contributed by atoms with E-state index in [2.05, 4.69) is 10.6 Å². The van der Waals surface area contributed by atoms with E-state index in [1.165, 1.54) is 0 Å². The highest BCUT2D eigenvalue weighted by molar-refractivity contribution is 7.90. The van der Waals surface area contributed by atoms with Crippen molar-refractivity contribution in [3.8, 4) is 0 Å². The molecule has 0 saturated heterocycles. The zero-order valence-electron chi connectivity index (χ0n) is 12.4. The van der Waals surface area contributed by atoms with E-state index >= 15 is 0 Å². The zero-order chi connectivity index (χ0) is 16.0. The fourth-order valence-corrected chi connectivity index (χ4v) is 2.45. The zero-order valence-corrected chi connectivity index (χ0v) is 14.0. The summed E-state index contributed by atoms with van der Waals surface area (Å²) in [6.45, 7) is 4.09. The van der Waals surface area contributed by atoms with Crippen molar-refractivity contribution in [2.75, 3.05) is 18.6 Å². The highest BCUT2D eigenvalue weighted by Crippen LogP contribution is 2.23. The van der Waals surface area contributed by atoms with Gasteiger partial charge < -0.3 is 10.6 Å². The van der Waals surface area contributed by atoms with Gasteiger partial charge in [0.15, 0.2) is 0 Å². The number of carbonyl (C=O) groups is 1. The number of rotatable bonds is 6. The molecule has 0 unspecified atom stereocenters. The van der Waals surface area contributed by atoms with Crippen molar-refractivity contribution in [2.45, 2.75) is 19.9 Å². The summed E-state index contributed by atoms with van der Waals surface area (Å²) in [6.07, 6.45) is 1.14. The van der Waals surface area contributed by atoms with Gasteiger partial charge in [0.2, 0.25) is 0 Å². The van der Waals surface area contributed by atoms with Crippen LogP contribution in [-0.4, -0.2) is 33.0 Å². The molecule has 0 fully saturated rings. The van der Waals surface area contributed by atoms with E-state index < -0.39 is 9.84 Å². The molecule has 21 heavy (non-hydrogen) atoms. The lowest BCUT2D eigenvalue weighted by Gasteiger charge is -2.23. The maximum absolute atomic E-state index is 11.8. The van der Waals surface area contributed by atoms with E-state index in [1.54, 1.807) is 12.1 Å². The van der Waals surface area contributed by atoms with Gasteiger partial charge in [-0.1, -0.05) is 37.6 Å². The third kappa shape index (κ3) is 6.82. The molecule has 1 rings (SSSR count). The normalized spacial score (nSPS) is 13.0. The van der Waals surface area contributed by atoms with Crippen molar-refractivity contribution in [3.05, 3.63) is 34.9 Å². The van der Waals surface area contributed by atoms with Crippen LogP contribution in [0.5, 0.6) is 0 Å². The van der Waals surface area contributed by atoms with Crippen LogP contribution in [0.1, 0.15) is 25.5 Å². The summed E-state index contributed by atoms with van der Waals surface area (Å²) in [5.74, 6) is 0.111. The molecule has 1 aromatic rings. The second-order valence-corrected chi connectivity index (χ2v) is 8.00. The van der Waals surface area contributed by atoms with Crippen LogP contribution in [-0.2, 0) is 9.84 Å². The number of nitrogens with one attached hydrogen (secondary N) is 2. The molecule has 0 bridgehead atoms. The van der Waals surface area contributed by atoms with Crippen molar-refractivity contribution in [3.63, 3.8) is 0 Å². The number of amides is 2. The lowest BCUT2D eigenvalue weighted by molar-refractivity contribution is 0.233. The number of hydrogen-bond donors (Lipinski definition) is 2. The Morgan fingerprint density at radius 3 is 2.29 bits per heavy atom. The van der Waals surface area contributed by atoms with Crippen LogP contribution in [0.4, 0.5) is 4.79 Å². The topological polar surface area (TPSA) is 75.3 Å². The average molecular weight is 333 g/mol. The predicted octanol–water partition coefficient (Wildman–Crippen LogP) is 2.38. The molecule has 0 aromatic heterocycles. The molecule has 0 heterocycles. The van der Waals surface area contributed by atoms with Gasteiger partial charge in [0, 0.05) is 17.8 Å². The Balaban J connectivity index is 2.62. The number of carbonyl (C=O) groups excluding carboxylic acids is 1. The number of hydrogen-bond acceptors (Lipinski definition) is 3. The van der Waals surface area contributed by atoms with Crippen LogP contribution >= 0.6 is 11.6 Å². The Labute approximate surface area is 131 Å². The minimum atomic E-state index is -3.08. The first-order valence-electron chi connectivity index (χ1n) is 6.66. The summed E-state index contributed by atoms with van der Waals surface area (Å²) in [5, 5.41) is 6.04. The predicted molar refractivity (Wildman–Crippen MR) is 85.3 cm³/mol. The summed E-state index contributed by atoms with van der Waals surface area (Å²) in [5.41, 5.74) is 0.952. The van der Waals surface area contributed by atoms with E-state index in [1.807, 2.05) is 26.0 Å². The first-order valence-corrected chi connectivity index (χ1v) is 9.10. The molecular formula is C14H21ClN2O3S. The Hall–Kier alpha value is -1.27. The van der Waals surface area contributed by atoms with E-state index in [0.29, 0.717) is 5.02 Å². The Morgan fingerprint density at radius 2 is 1.81 bits per heavy atom. The maximum Gasteiger partial charge on any atom is 0.315 e. The molecule has 0 saturated carbocycles. The van der Waals surface area contributed by atoms with Crippen LogP contribution < -0.4 is 10.6 Å². The lowest BCUT2D eigenvalue weighted by Crippen LogP contribution is -2.41. The third-order valence-electron chi connectivity index (χ3n) is 2.94. The molecule has 1 aromatic carbocycles. The number of sulfone groups is 1. The SMILES string of the molecule is CC(C)[C@@H](NC(=O)NCCS(C)(=O)=O)c1ccc(Cl)cc1. The second-order valence-electron chi connectivity index (χ2n) is 5.30. The maximum atomic E-state index is 11.8. The molecule has 0 aliphatic carbocycles. The largest absolute Gasteiger partial charge is 0.337 e. The van der Waals surface area contributed by atoms with Crippen molar-refractivity contribution >= 4 is 27.5 Å². The van der Waals surface area contributed by atoms with Gasteiger partial charge >= 0.3 is 6.03 Å². The fraction of sp³-hybridized carbons (Fsp3) is 0.500. The van der Waals surface area contributed by atoms with Gasteiger partial charge in [0.1, 0.15) is 9.84 Å². The second kappa shape index (κ2) is 7.66. The summed E-state index contributed by atoms with van der Waals surface area (Å²) < 4.78 is 22.0. The van der Waals surface area contributed by atoms with Crippen molar-refractivity contribution in [1.29, 1.82) is 0 Å². The van der Waals surface area contributed by atoms with Gasteiger partial charge in [0.25, 0.3) is 0 Å². The molecule has 1 atom stereocenters. The number of urea groups is 1.